The summed E-state index contributed by atoms with van der Waals surface area (Å²) >= 11 is 0. The molecule has 0 radical (unpaired) electrons. The molecule has 0 spiro atoms. The molecule has 0 saturated heterocycles. The van der Waals surface area contributed by atoms with Crippen molar-refractivity contribution in [2.75, 3.05) is 6.54 Å². The van der Waals surface area contributed by atoms with Crippen LogP contribution in [0.5, 0.6) is 5.75 Å². The zero-order valence-electron chi connectivity index (χ0n) is 17.2. The van der Waals surface area contributed by atoms with Gasteiger partial charge in [0.25, 0.3) is 0 Å². The summed E-state index contributed by atoms with van der Waals surface area (Å²) in [5.74, 6) is 0.798. The van der Waals surface area contributed by atoms with Gasteiger partial charge in [-0.15, -0.1) is 0 Å². The maximum Gasteiger partial charge on any atom is 0.241 e. The quantitative estimate of drug-likeness (QED) is 0.723. The molecule has 1 aromatic carbocycles. The van der Waals surface area contributed by atoms with Crippen LogP contribution in [0.25, 0.3) is 11.3 Å². The van der Waals surface area contributed by atoms with Crippen molar-refractivity contribution >= 4 is 5.91 Å². The highest BCUT2D eigenvalue weighted by atomic mass is 16.5. The first-order valence-electron chi connectivity index (χ1n) is 9.77. The molecule has 0 unspecified atom stereocenters. The topological polar surface area (TPSA) is 81.9 Å². The summed E-state index contributed by atoms with van der Waals surface area (Å²) in [7, 11) is 0. The number of nitrogens with one attached hydrogen (secondary N) is 1. The Bertz CT molecular complexity index is 1070. The first kappa shape index (κ1) is 19.1. The fraction of sp³-hybridized carbons (Fsp3) is 0.364. The van der Waals surface area contributed by atoms with Crippen molar-refractivity contribution in [3.05, 3.63) is 58.8 Å². The number of carbonyl (C=O) groups is 1. The van der Waals surface area contributed by atoms with Crippen molar-refractivity contribution in [2.45, 2.75) is 46.8 Å². The highest BCUT2D eigenvalue weighted by Crippen LogP contribution is 2.33. The molecular formula is C22H25N5O2. The van der Waals surface area contributed by atoms with Gasteiger partial charge in [0, 0.05) is 23.9 Å². The average Bonchev–Trinajstić information content (AvgIpc) is 3.23. The summed E-state index contributed by atoms with van der Waals surface area (Å²) < 4.78 is 7.72. The second-order valence-corrected chi connectivity index (χ2v) is 7.60. The number of benzene rings is 1. The van der Waals surface area contributed by atoms with Gasteiger partial charge in [-0.3, -0.25) is 14.5 Å². The standard InChI is InChI=1S/C22H25N5O2/c1-13-7-15(3)27(26-13)12-21(28)24-11-19-9-18-8-17(5-6-20(18)29-19)22-16(4)23-10-14(2)25-22/h5-8,10,19H,9,11-12H2,1-4H3,(H,24,28)/t19-/m1/s1. The number of ether oxygens (including phenoxy) is 1. The van der Waals surface area contributed by atoms with Crippen LogP contribution in [0.4, 0.5) is 0 Å². The second-order valence-electron chi connectivity index (χ2n) is 7.60. The van der Waals surface area contributed by atoms with Crippen molar-refractivity contribution in [2.24, 2.45) is 0 Å². The molecule has 1 atom stereocenters. The molecule has 4 rings (SSSR count). The lowest BCUT2D eigenvalue weighted by molar-refractivity contribution is -0.122. The minimum absolute atomic E-state index is 0.0675. The lowest BCUT2D eigenvalue weighted by atomic mass is 10.0. The van der Waals surface area contributed by atoms with Gasteiger partial charge in [0.2, 0.25) is 5.91 Å². The van der Waals surface area contributed by atoms with E-state index >= 15 is 0 Å². The largest absolute Gasteiger partial charge is 0.488 e. The lowest BCUT2D eigenvalue weighted by Gasteiger charge is -2.12. The van der Waals surface area contributed by atoms with Crippen LogP contribution in [0.1, 0.15) is 28.3 Å². The number of carbonyl (C=O) groups excluding carboxylic acids is 1. The predicted octanol–water partition coefficient (Wildman–Crippen LogP) is 2.69. The first-order chi connectivity index (χ1) is 13.9. The summed E-state index contributed by atoms with van der Waals surface area (Å²) in [6, 6.07) is 8.07. The summed E-state index contributed by atoms with van der Waals surface area (Å²) in [5, 5.41) is 7.29. The van der Waals surface area contributed by atoms with E-state index in [1.165, 1.54) is 0 Å². The Morgan fingerprint density at radius 1 is 1.21 bits per heavy atom. The molecule has 0 fully saturated rings. The predicted molar refractivity (Wildman–Crippen MR) is 110 cm³/mol. The minimum Gasteiger partial charge on any atom is -0.488 e. The molecule has 7 heteroatoms. The zero-order chi connectivity index (χ0) is 20.5. The van der Waals surface area contributed by atoms with Gasteiger partial charge in [0.05, 0.1) is 29.3 Å². The highest BCUT2D eigenvalue weighted by molar-refractivity contribution is 5.75. The molecule has 1 amide bonds. The van der Waals surface area contributed by atoms with Gasteiger partial charge in [-0.2, -0.15) is 5.10 Å². The van der Waals surface area contributed by atoms with Gasteiger partial charge in [-0.1, -0.05) is 0 Å². The Morgan fingerprint density at radius 3 is 2.79 bits per heavy atom. The molecule has 1 aliphatic heterocycles. The Kier molecular flexibility index (Phi) is 5.05. The fourth-order valence-corrected chi connectivity index (χ4v) is 3.65. The van der Waals surface area contributed by atoms with Gasteiger partial charge < -0.3 is 10.1 Å². The van der Waals surface area contributed by atoms with Crippen LogP contribution < -0.4 is 10.1 Å². The summed E-state index contributed by atoms with van der Waals surface area (Å²) in [6.07, 6.45) is 2.45. The minimum atomic E-state index is -0.0747. The molecule has 150 valence electrons. The normalized spacial score (nSPS) is 15.1. The van der Waals surface area contributed by atoms with Gasteiger partial charge in [-0.25, -0.2) is 4.98 Å². The van der Waals surface area contributed by atoms with Gasteiger partial charge in [-0.05, 0) is 57.5 Å². The van der Waals surface area contributed by atoms with Gasteiger partial charge in [0.1, 0.15) is 18.4 Å². The molecule has 1 aliphatic rings. The van der Waals surface area contributed by atoms with E-state index in [0.29, 0.717) is 6.54 Å². The zero-order valence-corrected chi connectivity index (χ0v) is 17.2. The Morgan fingerprint density at radius 2 is 2.03 bits per heavy atom. The van der Waals surface area contributed by atoms with E-state index in [9.17, 15) is 4.79 Å². The summed E-state index contributed by atoms with van der Waals surface area (Å²) in [6.45, 7) is 8.45. The molecule has 0 aliphatic carbocycles. The molecule has 3 aromatic rings. The molecular weight excluding hydrogens is 366 g/mol. The van der Waals surface area contributed by atoms with Crippen LogP contribution in [0, 0.1) is 27.7 Å². The van der Waals surface area contributed by atoms with E-state index in [-0.39, 0.29) is 18.6 Å². The van der Waals surface area contributed by atoms with Crippen LogP contribution in [-0.2, 0) is 17.8 Å². The molecule has 2 aromatic heterocycles. The van der Waals surface area contributed by atoms with Crippen LogP contribution in [0.2, 0.25) is 0 Å². The molecule has 0 bridgehead atoms. The van der Waals surface area contributed by atoms with Crippen LogP contribution in [-0.4, -0.2) is 38.3 Å². The van der Waals surface area contributed by atoms with Crippen LogP contribution >= 0.6 is 0 Å². The van der Waals surface area contributed by atoms with E-state index in [1.807, 2.05) is 45.9 Å². The number of rotatable bonds is 5. The van der Waals surface area contributed by atoms with Crippen molar-refractivity contribution in [3.63, 3.8) is 0 Å². The third-order valence-corrected chi connectivity index (χ3v) is 5.07. The van der Waals surface area contributed by atoms with Crippen molar-refractivity contribution in [1.82, 2.24) is 25.1 Å². The number of fused-ring (bicyclic) bond motifs is 1. The molecule has 29 heavy (non-hydrogen) atoms. The summed E-state index contributed by atoms with van der Waals surface area (Å²) in [5.41, 5.74) is 6.75. The fourth-order valence-electron chi connectivity index (χ4n) is 3.65. The number of hydrogen-bond donors (Lipinski definition) is 1. The van der Waals surface area contributed by atoms with Crippen molar-refractivity contribution in [1.29, 1.82) is 0 Å². The Balaban J connectivity index is 1.38. The third kappa shape index (κ3) is 4.13. The van der Waals surface area contributed by atoms with Crippen LogP contribution in [0.3, 0.4) is 0 Å². The molecule has 7 nitrogen and oxygen atoms in total. The average molecular weight is 391 g/mol. The van der Waals surface area contributed by atoms with Crippen molar-refractivity contribution < 1.29 is 9.53 Å². The van der Waals surface area contributed by atoms with E-state index in [1.54, 1.807) is 10.9 Å². The van der Waals surface area contributed by atoms with Crippen molar-refractivity contribution in [3.8, 4) is 17.0 Å². The monoisotopic (exact) mass is 391 g/mol. The molecule has 3 heterocycles. The first-order valence-corrected chi connectivity index (χ1v) is 9.77. The molecule has 1 N–H and O–H groups in total. The number of amides is 1. The maximum absolute atomic E-state index is 12.3. The SMILES string of the molecule is Cc1cnc(C)c(-c2ccc3c(c2)C[C@H](CNC(=O)Cn2nc(C)cc2C)O3)n1. The molecule has 0 saturated carbocycles. The van der Waals surface area contributed by atoms with Gasteiger partial charge >= 0.3 is 0 Å². The van der Waals surface area contributed by atoms with E-state index in [0.717, 1.165) is 51.8 Å². The third-order valence-electron chi connectivity index (χ3n) is 5.07. The van der Waals surface area contributed by atoms with Gasteiger partial charge in [0.15, 0.2) is 0 Å². The number of hydrogen-bond acceptors (Lipinski definition) is 5. The number of aryl methyl sites for hydroxylation is 4. The highest BCUT2D eigenvalue weighted by Gasteiger charge is 2.24. The number of nitrogens with zero attached hydrogens (tertiary/aromatic N) is 4. The summed E-state index contributed by atoms with van der Waals surface area (Å²) in [4.78, 5) is 21.3. The smallest absolute Gasteiger partial charge is 0.241 e. The second kappa shape index (κ2) is 7.66. The maximum atomic E-state index is 12.3. The number of aromatic nitrogens is 4. The Labute approximate surface area is 170 Å². The van der Waals surface area contributed by atoms with E-state index in [2.05, 4.69) is 26.4 Å². The van der Waals surface area contributed by atoms with E-state index < -0.39 is 0 Å². The lowest BCUT2D eigenvalue weighted by Crippen LogP contribution is -2.36. The Hall–Kier alpha value is -3.22. The van der Waals surface area contributed by atoms with E-state index in [4.69, 9.17) is 4.74 Å². The van der Waals surface area contributed by atoms with Crippen LogP contribution in [0.15, 0.2) is 30.5 Å².